The first-order chi connectivity index (χ1) is 12.6. The zero-order valence-corrected chi connectivity index (χ0v) is 14.3. The molecule has 0 aliphatic carbocycles. The van der Waals surface area contributed by atoms with Crippen LogP contribution in [0.3, 0.4) is 0 Å². The van der Waals surface area contributed by atoms with E-state index in [-0.39, 0.29) is 17.8 Å². The summed E-state index contributed by atoms with van der Waals surface area (Å²) in [5.41, 5.74) is 0.787. The van der Waals surface area contributed by atoms with Crippen molar-refractivity contribution in [2.24, 2.45) is 0 Å². The summed E-state index contributed by atoms with van der Waals surface area (Å²) in [7, 11) is 0. The number of carbonyl (C=O) groups is 1. The van der Waals surface area contributed by atoms with Crippen molar-refractivity contribution >= 4 is 34.1 Å². The SMILES string of the molecule is CCOC(=O)c1c2ccncc2n2c(=O)n(-c3ccc(Cl)cc3)nnc12. The molecule has 8 nitrogen and oxygen atoms in total. The lowest BCUT2D eigenvalue weighted by Crippen LogP contribution is -2.29. The van der Waals surface area contributed by atoms with Gasteiger partial charge in [-0.25, -0.2) is 14.0 Å². The van der Waals surface area contributed by atoms with E-state index >= 15 is 0 Å². The first-order valence-corrected chi connectivity index (χ1v) is 8.17. The average molecular weight is 370 g/mol. The number of fused-ring (bicyclic) bond motifs is 3. The Kier molecular flexibility index (Phi) is 3.89. The van der Waals surface area contributed by atoms with Gasteiger partial charge in [0.25, 0.3) is 0 Å². The number of hydrogen-bond acceptors (Lipinski definition) is 6. The van der Waals surface area contributed by atoms with Crippen molar-refractivity contribution in [2.75, 3.05) is 6.61 Å². The third-order valence-electron chi connectivity index (χ3n) is 3.90. The number of hydrogen-bond donors (Lipinski definition) is 0. The van der Waals surface area contributed by atoms with E-state index in [1.54, 1.807) is 37.3 Å². The molecule has 0 fully saturated rings. The van der Waals surface area contributed by atoms with Gasteiger partial charge < -0.3 is 4.74 Å². The van der Waals surface area contributed by atoms with E-state index in [1.807, 2.05) is 0 Å². The third-order valence-corrected chi connectivity index (χ3v) is 4.15. The molecule has 0 atom stereocenters. The Morgan fingerprint density at radius 3 is 2.73 bits per heavy atom. The van der Waals surface area contributed by atoms with E-state index in [9.17, 15) is 9.59 Å². The molecule has 1 aromatic carbocycles. The van der Waals surface area contributed by atoms with Gasteiger partial charge in [0.05, 0.1) is 24.0 Å². The van der Waals surface area contributed by atoms with Crippen LogP contribution in [0.4, 0.5) is 0 Å². The van der Waals surface area contributed by atoms with Crippen LogP contribution in [-0.2, 0) is 4.74 Å². The van der Waals surface area contributed by atoms with Crippen LogP contribution in [0, 0.1) is 0 Å². The molecule has 9 heteroatoms. The van der Waals surface area contributed by atoms with Gasteiger partial charge in [0, 0.05) is 16.6 Å². The quantitative estimate of drug-likeness (QED) is 0.514. The number of esters is 1. The molecule has 0 aliphatic heterocycles. The molecule has 3 aromatic heterocycles. The summed E-state index contributed by atoms with van der Waals surface area (Å²) in [6, 6.07) is 8.24. The molecule has 4 aromatic rings. The predicted molar refractivity (Wildman–Crippen MR) is 94.9 cm³/mol. The van der Waals surface area contributed by atoms with Gasteiger partial charge in [-0.1, -0.05) is 16.8 Å². The lowest BCUT2D eigenvalue weighted by Gasteiger charge is -2.05. The van der Waals surface area contributed by atoms with Crippen LogP contribution in [-0.4, -0.2) is 37.0 Å². The van der Waals surface area contributed by atoms with Crippen molar-refractivity contribution in [1.82, 2.24) is 24.4 Å². The Bertz CT molecular complexity index is 1200. The van der Waals surface area contributed by atoms with Gasteiger partial charge in [-0.05, 0) is 37.3 Å². The van der Waals surface area contributed by atoms with Crippen LogP contribution in [0.2, 0.25) is 5.02 Å². The number of rotatable bonds is 3. The third kappa shape index (κ3) is 2.42. The Balaban J connectivity index is 2.07. The minimum Gasteiger partial charge on any atom is -0.462 e. The summed E-state index contributed by atoms with van der Waals surface area (Å²) in [5, 5.41) is 9.13. The van der Waals surface area contributed by atoms with Crippen LogP contribution in [0.15, 0.2) is 47.5 Å². The topological polar surface area (TPSA) is 91.4 Å². The summed E-state index contributed by atoms with van der Waals surface area (Å²) in [4.78, 5) is 29.5. The van der Waals surface area contributed by atoms with E-state index in [4.69, 9.17) is 16.3 Å². The van der Waals surface area contributed by atoms with Crippen molar-refractivity contribution < 1.29 is 9.53 Å². The standard InChI is InChI=1S/C17H12ClN5O3/c1-2-26-16(24)14-12-7-8-19-9-13(12)22-15(14)20-21-23(17(22)25)11-5-3-10(18)4-6-11/h3-9H,2H2,1H3. The van der Waals surface area contributed by atoms with Crippen molar-refractivity contribution in [3.63, 3.8) is 0 Å². The smallest absolute Gasteiger partial charge is 0.357 e. The van der Waals surface area contributed by atoms with Crippen LogP contribution in [0.5, 0.6) is 0 Å². The van der Waals surface area contributed by atoms with Crippen LogP contribution in [0.25, 0.3) is 22.2 Å². The van der Waals surface area contributed by atoms with Crippen LogP contribution in [0.1, 0.15) is 17.3 Å². The van der Waals surface area contributed by atoms with Crippen molar-refractivity contribution in [3.05, 3.63) is 63.8 Å². The minimum absolute atomic E-state index is 0.127. The fourth-order valence-electron chi connectivity index (χ4n) is 2.78. The maximum absolute atomic E-state index is 13.0. The lowest BCUT2D eigenvalue weighted by molar-refractivity contribution is 0.0530. The number of benzene rings is 1. The van der Waals surface area contributed by atoms with E-state index in [2.05, 4.69) is 15.3 Å². The summed E-state index contributed by atoms with van der Waals surface area (Å²) in [6.07, 6.45) is 3.04. The van der Waals surface area contributed by atoms with Crippen molar-refractivity contribution in [3.8, 4) is 5.69 Å². The normalized spacial score (nSPS) is 11.2. The van der Waals surface area contributed by atoms with Gasteiger partial charge in [0.1, 0.15) is 5.56 Å². The summed E-state index contributed by atoms with van der Waals surface area (Å²) < 4.78 is 7.54. The van der Waals surface area contributed by atoms with Crippen molar-refractivity contribution in [1.29, 1.82) is 0 Å². The van der Waals surface area contributed by atoms with E-state index in [0.29, 0.717) is 21.6 Å². The number of aromatic nitrogens is 5. The molecule has 26 heavy (non-hydrogen) atoms. The number of carbonyl (C=O) groups excluding carboxylic acids is 1. The number of halogens is 1. The predicted octanol–water partition coefficient (Wildman–Crippen LogP) is 2.26. The fourth-order valence-corrected chi connectivity index (χ4v) is 2.91. The minimum atomic E-state index is -0.566. The first-order valence-electron chi connectivity index (χ1n) is 7.79. The molecule has 0 saturated carbocycles. The maximum Gasteiger partial charge on any atom is 0.357 e. The van der Waals surface area contributed by atoms with Gasteiger partial charge in [0.15, 0.2) is 5.65 Å². The molecular formula is C17H12ClN5O3. The van der Waals surface area contributed by atoms with E-state index in [0.717, 1.165) is 4.68 Å². The largest absolute Gasteiger partial charge is 0.462 e. The van der Waals surface area contributed by atoms with Crippen LogP contribution < -0.4 is 5.69 Å². The lowest BCUT2D eigenvalue weighted by atomic mass is 10.2. The Hall–Kier alpha value is -3.26. The summed E-state index contributed by atoms with van der Waals surface area (Å²) in [5.74, 6) is -0.566. The highest BCUT2D eigenvalue weighted by Crippen LogP contribution is 2.24. The van der Waals surface area contributed by atoms with E-state index in [1.165, 1.54) is 16.8 Å². The van der Waals surface area contributed by atoms with Gasteiger partial charge in [-0.2, -0.15) is 4.68 Å². The first kappa shape index (κ1) is 16.2. The molecule has 0 spiro atoms. The average Bonchev–Trinajstić information content (AvgIpc) is 2.98. The van der Waals surface area contributed by atoms with E-state index < -0.39 is 11.7 Å². The molecule has 3 heterocycles. The van der Waals surface area contributed by atoms with Gasteiger partial charge in [0.2, 0.25) is 0 Å². The molecule has 0 N–H and O–H groups in total. The van der Waals surface area contributed by atoms with Crippen molar-refractivity contribution in [2.45, 2.75) is 6.92 Å². The monoisotopic (exact) mass is 369 g/mol. The summed E-state index contributed by atoms with van der Waals surface area (Å²) in [6.45, 7) is 1.91. The Labute approximate surface area is 151 Å². The highest BCUT2D eigenvalue weighted by Gasteiger charge is 2.23. The molecule has 0 amide bonds. The molecule has 0 bridgehead atoms. The maximum atomic E-state index is 13.0. The highest BCUT2D eigenvalue weighted by atomic mass is 35.5. The second-order valence-electron chi connectivity index (χ2n) is 5.41. The zero-order valence-electron chi connectivity index (χ0n) is 13.6. The molecule has 0 radical (unpaired) electrons. The fraction of sp³-hybridized carbons (Fsp3) is 0.118. The molecular weight excluding hydrogens is 358 g/mol. The molecule has 0 saturated heterocycles. The Morgan fingerprint density at radius 1 is 1.23 bits per heavy atom. The zero-order chi connectivity index (χ0) is 18.3. The van der Waals surface area contributed by atoms with Crippen LogP contribution >= 0.6 is 11.6 Å². The molecule has 4 rings (SSSR count). The second-order valence-corrected chi connectivity index (χ2v) is 5.84. The van der Waals surface area contributed by atoms with Gasteiger partial charge in [-0.3, -0.25) is 4.98 Å². The molecule has 130 valence electrons. The second kappa shape index (κ2) is 6.23. The molecule has 0 aliphatic rings. The van der Waals surface area contributed by atoms with Gasteiger partial charge in [-0.15, -0.1) is 5.10 Å². The number of nitrogens with zero attached hydrogens (tertiary/aromatic N) is 5. The Morgan fingerprint density at radius 2 is 2.00 bits per heavy atom. The highest BCUT2D eigenvalue weighted by molar-refractivity contribution is 6.30. The number of pyridine rings is 1. The summed E-state index contributed by atoms with van der Waals surface area (Å²) >= 11 is 5.89. The van der Waals surface area contributed by atoms with Gasteiger partial charge >= 0.3 is 11.7 Å². The molecule has 0 unspecified atom stereocenters. The number of ether oxygens (including phenoxy) is 1.